The molecule has 1 heterocycles. The van der Waals surface area contributed by atoms with Crippen LogP contribution in [0, 0.1) is 12.8 Å². The highest BCUT2D eigenvalue weighted by Gasteiger charge is 2.40. The standard InChI is InChI=1S/C32H44N2O3/c1-21-28(30(36)33-26-16-27(17-26)37-20-35)18-29(34(21)19-22-9-7-6-8-10-22)23-13-24(31(2,3)4)15-25(14-23)32(5)11-12-32/h13-15,18,20,22,26-27H,6-12,16-17,19H2,1-5H3,(H,33,36)/t26-,27-. The summed E-state index contributed by atoms with van der Waals surface area (Å²) in [4.78, 5) is 24.1. The number of carbonyl (C=O) groups excluding carboxylic acids is 2. The molecule has 1 amide bonds. The number of ether oxygens (including phenoxy) is 1. The van der Waals surface area contributed by atoms with Crippen LogP contribution in [-0.4, -0.2) is 29.1 Å². The van der Waals surface area contributed by atoms with E-state index < -0.39 is 0 Å². The molecule has 0 aliphatic heterocycles. The van der Waals surface area contributed by atoms with E-state index in [0.717, 1.165) is 17.8 Å². The Labute approximate surface area is 222 Å². The smallest absolute Gasteiger partial charge is 0.293 e. The zero-order valence-electron chi connectivity index (χ0n) is 23.4. The molecule has 0 bridgehead atoms. The summed E-state index contributed by atoms with van der Waals surface area (Å²) in [6, 6.07) is 9.36. The first-order valence-corrected chi connectivity index (χ1v) is 14.3. The van der Waals surface area contributed by atoms with Crippen molar-refractivity contribution in [1.82, 2.24) is 9.88 Å². The third-order valence-corrected chi connectivity index (χ3v) is 9.25. The summed E-state index contributed by atoms with van der Waals surface area (Å²) in [6.07, 6.45) is 10.3. The van der Waals surface area contributed by atoms with Gasteiger partial charge in [0.1, 0.15) is 6.10 Å². The monoisotopic (exact) mass is 504 g/mol. The molecule has 1 N–H and O–H groups in total. The number of nitrogens with zero attached hydrogens (tertiary/aromatic N) is 1. The normalized spacial score (nSPS) is 23.3. The maximum atomic E-state index is 13.4. The first kappa shape index (κ1) is 26.1. The number of nitrogens with one attached hydrogen (secondary N) is 1. The molecule has 0 saturated heterocycles. The Morgan fingerprint density at radius 1 is 1.11 bits per heavy atom. The predicted octanol–water partition coefficient (Wildman–Crippen LogP) is 6.83. The summed E-state index contributed by atoms with van der Waals surface area (Å²) >= 11 is 0. The summed E-state index contributed by atoms with van der Waals surface area (Å²) in [7, 11) is 0. The lowest BCUT2D eigenvalue weighted by molar-refractivity contribution is -0.138. The highest BCUT2D eigenvalue weighted by atomic mass is 16.5. The third-order valence-electron chi connectivity index (χ3n) is 9.25. The van der Waals surface area contributed by atoms with Gasteiger partial charge in [-0.2, -0.15) is 0 Å². The lowest BCUT2D eigenvalue weighted by Gasteiger charge is -2.34. The highest BCUT2D eigenvalue weighted by Crippen LogP contribution is 2.49. The molecule has 0 radical (unpaired) electrons. The van der Waals surface area contributed by atoms with E-state index >= 15 is 0 Å². The highest BCUT2D eigenvalue weighted by molar-refractivity contribution is 5.97. The Morgan fingerprint density at radius 3 is 2.43 bits per heavy atom. The number of hydrogen-bond acceptors (Lipinski definition) is 3. The molecule has 3 aliphatic rings. The van der Waals surface area contributed by atoms with Gasteiger partial charge in [0.2, 0.25) is 0 Å². The van der Waals surface area contributed by atoms with Crippen molar-refractivity contribution < 1.29 is 14.3 Å². The molecule has 3 saturated carbocycles. The van der Waals surface area contributed by atoms with E-state index in [1.165, 1.54) is 67.3 Å². The Morgan fingerprint density at radius 2 is 1.81 bits per heavy atom. The second kappa shape index (κ2) is 9.96. The van der Waals surface area contributed by atoms with Crippen LogP contribution in [0.25, 0.3) is 11.3 Å². The van der Waals surface area contributed by atoms with Crippen molar-refractivity contribution in [2.45, 2.75) is 122 Å². The molecule has 5 nitrogen and oxygen atoms in total. The van der Waals surface area contributed by atoms with Crippen molar-refractivity contribution in [2.75, 3.05) is 0 Å². The molecule has 3 fully saturated rings. The zero-order chi connectivity index (χ0) is 26.4. The Bertz CT molecular complexity index is 1130. The molecule has 37 heavy (non-hydrogen) atoms. The molecule has 0 atom stereocenters. The van der Waals surface area contributed by atoms with Crippen LogP contribution in [0.5, 0.6) is 0 Å². The number of amides is 1. The predicted molar refractivity (Wildman–Crippen MR) is 148 cm³/mol. The SMILES string of the molecule is Cc1c(C(=O)N[C@H]2C[C@H](OC=O)C2)cc(-c2cc(C(C)(C)C)cc(C3(C)CC3)c2)n1CC1CCCCC1. The Hall–Kier alpha value is -2.56. The van der Waals surface area contributed by atoms with Gasteiger partial charge in [-0.1, -0.05) is 53.0 Å². The van der Waals surface area contributed by atoms with Crippen LogP contribution in [0.4, 0.5) is 0 Å². The minimum absolute atomic E-state index is 0.0166. The van der Waals surface area contributed by atoms with Gasteiger partial charge < -0.3 is 14.6 Å². The van der Waals surface area contributed by atoms with E-state index in [4.69, 9.17) is 4.74 Å². The lowest BCUT2D eigenvalue weighted by Crippen LogP contribution is -2.47. The van der Waals surface area contributed by atoms with E-state index in [9.17, 15) is 9.59 Å². The minimum atomic E-state index is -0.0716. The zero-order valence-corrected chi connectivity index (χ0v) is 23.4. The molecule has 1 aromatic carbocycles. The Kier molecular flexibility index (Phi) is 7.02. The summed E-state index contributed by atoms with van der Waals surface area (Å²) in [5, 5.41) is 3.19. The molecule has 5 heteroatoms. The fourth-order valence-corrected chi connectivity index (χ4v) is 6.15. The summed E-state index contributed by atoms with van der Waals surface area (Å²) in [5.74, 6) is 0.644. The fraction of sp³-hybridized carbons (Fsp3) is 0.625. The molecular weight excluding hydrogens is 460 g/mol. The van der Waals surface area contributed by atoms with Crippen LogP contribution in [0.2, 0.25) is 0 Å². The second-order valence-corrected chi connectivity index (χ2v) is 13.2. The van der Waals surface area contributed by atoms with Crippen LogP contribution in [0.15, 0.2) is 24.3 Å². The molecule has 1 aromatic heterocycles. The summed E-state index contributed by atoms with van der Waals surface area (Å²) < 4.78 is 7.47. The van der Waals surface area contributed by atoms with Crippen LogP contribution in [0.1, 0.15) is 113 Å². The van der Waals surface area contributed by atoms with Crippen LogP contribution >= 0.6 is 0 Å². The first-order valence-electron chi connectivity index (χ1n) is 14.3. The summed E-state index contributed by atoms with van der Waals surface area (Å²) in [5.41, 5.74) is 7.34. The van der Waals surface area contributed by atoms with Gasteiger partial charge in [0.15, 0.2) is 0 Å². The average molecular weight is 505 g/mol. The summed E-state index contributed by atoms with van der Waals surface area (Å²) in [6.45, 7) is 12.8. The molecule has 0 spiro atoms. The van der Waals surface area contributed by atoms with Gasteiger partial charge in [0.25, 0.3) is 12.4 Å². The van der Waals surface area contributed by atoms with Gasteiger partial charge in [-0.3, -0.25) is 9.59 Å². The maximum absolute atomic E-state index is 13.4. The van der Waals surface area contributed by atoms with Gasteiger partial charge in [0, 0.05) is 36.8 Å². The first-order chi connectivity index (χ1) is 17.6. The molecule has 2 aromatic rings. The Balaban J connectivity index is 1.51. The van der Waals surface area contributed by atoms with E-state index in [1.807, 2.05) is 0 Å². The number of carbonyl (C=O) groups is 2. The van der Waals surface area contributed by atoms with Crippen molar-refractivity contribution >= 4 is 12.4 Å². The van der Waals surface area contributed by atoms with Crippen molar-refractivity contribution in [3.05, 3.63) is 46.6 Å². The van der Waals surface area contributed by atoms with Gasteiger partial charge in [-0.05, 0) is 84.2 Å². The topological polar surface area (TPSA) is 60.3 Å². The van der Waals surface area contributed by atoms with Crippen molar-refractivity contribution in [3.8, 4) is 11.3 Å². The van der Waals surface area contributed by atoms with Gasteiger partial charge in [-0.25, -0.2) is 0 Å². The largest absolute Gasteiger partial charge is 0.464 e. The molecular formula is C32H44N2O3. The molecule has 0 unspecified atom stereocenters. The lowest BCUT2D eigenvalue weighted by atomic mass is 9.82. The average Bonchev–Trinajstić information content (AvgIpc) is 3.52. The van der Waals surface area contributed by atoms with Crippen molar-refractivity contribution in [3.63, 3.8) is 0 Å². The van der Waals surface area contributed by atoms with Crippen LogP contribution in [0.3, 0.4) is 0 Å². The third kappa shape index (κ3) is 5.51. The van der Waals surface area contributed by atoms with Gasteiger partial charge in [-0.15, -0.1) is 0 Å². The second-order valence-electron chi connectivity index (χ2n) is 13.2. The number of benzene rings is 1. The molecule has 200 valence electrons. The van der Waals surface area contributed by atoms with Crippen LogP contribution < -0.4 is 5.32 Å². The molecule has 5 rings (SSSR count). The number of hydrogen-bond donors (Lipinski definition) is 1. The minimum Gasteiger partial charge on any atom is -0.464 e. The number of rotatable bonds is 8. The quantitative estimate of drug-likeness (QED) is 0.401. The van der Waals surface area contributed by atoms with E-state index in [2.05, 4.69) is 68.8 Å². The van der Waals surface area contributed by atoms with Gasteiger partial charge >= 0.3 is 0 Å². The van der Waals surface area contributed by atoms with Crippen molar-refractivity contribution in [1.29, 1.82) is 0 Å². The van der Waals surface area contributed by atoms with E-state index in [-0.39, 0.29) is 28.9 Å². The maximum Gasteiger partial charge on any atom is 0.293 e. The van der Waals surface area contributed by atoms with Crippen LogP contribution in [-0.2, 0) is 26.9 Å². The van der Waals surface area contributed by atoms with Crippen molar-refractivity contribution in [2.24, 2.45) is 5.92 Å². The van der Waals surface area contributed by atoms with E-state index in [1.54, 1.807) is 0 Å². The van der Waals surface area contributed by atoms with Gasteiger partial charge in [0.05, 0.1) is 5.56 Å². The number of aromatic nitrogens is 1. The van der Waals surface area contributed by atoms with E-state index in [0.29, 0.717) is 25.2 Å². The fourth-order valence-electron chi connectivity index (χ4n) is 6.15. The molecule has 3 aliphatic carbocycles.